The molecule has 1 fully saturated rings. The molecule has 3 heteroatoms. The van der Waals surface area contributed by atoms with E-state index in [4.69, 9.17) is 5.11 Å². The third kappa shape index (κ3) is 1.47. The smallest absolute Gasteiger partial charge is 0.114 e. The van der Waals surface area contributed by atoms with Gasteiger partial charge in [-0.25, -0.2) is 4.39 Å². The van der Waals surface area contributed by atoms with E-state index in [0.717, 1.165) is 0 Å². The van der Waals surface area contributed by atoms with Gasteiger partial charge in [-0.3, -0.25) is 4.90 Å². The molecular formula is C7H14FNO. The highest BCUT2D eigenvalue weighted by atomic mass is 19.1. The van der Waals surface area contributed by atoms with Crippen LogP contribution in [0.25, 0.3) is 0 Å². The summed E-state index contributed by atoms with van der Waals surface area (Å²) < 4.78 is 12.6. The Labute approximate surface area is 60.6 Å². The zero-order chi connectivity index (χ0) is 7.72. The van der Waals surface area contributed by atoms with Gasteiger partial charge in [0, 0.05) is 12.6 Å². The molecule has 1 aliphatic rings. The van der Waals surface area contributed by atoms with Gasteiger partial charge in [0.2, 0.25) is 0 Å². The van der Waals surface area contributed by atoms with Crippen LogP contribution < -0.4 is 0 Å². The van der Waals surface area contributed by atoms with Gasteiger partial charge in [-0.1, -0.05) is 0 Å². The summed E-state index contributed by atoms with van der Waals surface area (Å²) in [7, 11) is 1.84. The predicted molar refractivity (Wildman–Crippen MR) is 37.6 cm³/mol. The minimum atomic E-state index is -0.746. The van der Waals surface area contributed by atoms with E-state index in [9.17, 15) is 4.39 Å². The Hall–Kier alpha value is -0.150. The molecule has 0 aliphatic carbocycles. The van der Waals surface area contributed by atoms with Crippen LogP contribution in [0.15, 0.2) is 0 Å². The fourth-order valence-corrected chi connectivity index (χ4v) is 1.53. The standard InChI is InChI=1S/C7H14FNO/c1-5(10)7-3-6(8)4-9(7)2/h5-7,10H,3-4H2,1-2H3/t5-,6?,7-/m0/s1. The fourth-order valence-electron chi connectivity index (χ4n) is 1.53. The lowest BCUT2D eigenvalue weighted by Gasteiger charge is -2.20. The third-order valence-corrected chi connectivity index (χ3v) is 2.11. The summed E-state index contributed by atoms with van der Waals surface area (Å²) in [6, 6.07) is 0.0231. The molecule has 1 rings (SSSR count). The van der Waals surface area contributed by atoms with Gasteiger partial charge in [-0.05, 0) is 20.4 Å². The van der Waals surface area contributed by atoms with E-state index >= 15 is 0 Å². The van der Waals surface area contributed by atoms with E-state index in [1.165, 1.54) is 0 Å². The molecule has 1 saturated heterocycles. The maximum absolute atomic E-state index is 12.6. The van der Waals surface area contributed by atoms with Crippen molar-refractivity contribution in [3.05, 3.63) is 0 Å². The molecule has 0 bridgehead atoms. The average Bonchev–Trinajstić information content (AvgIpc) is 2.10. The van der Waals surface area contributed by atoms with Crippen molar-refractivity contribution in [3.63, 3.8) is 0 Å². The predicted octanol–water partition coefficient (Wildman–Crippen LogP) is 0.409. The summed E-state index contributed by atoms with van der Waals surface area (Å²) in [4.78, 5) is 1.87. The maximum atomic E-state index is 12.6. The lowest BCUT2D eigenvalue weighted by Crippen LogP contribution is -2.34. The molecule has 0 spiro atoms. The number of hydrogen-bond donors (Lipinski definition) is 1. The van der Waals surface area contributed by atoms with Crippen LogP contribution in [0.3, 0.4) is 0 Å². The first-order valence-electron chi connectivity index (χ1n) is 3.63. The summed E-state index contributed by atoms with van der Waals surface area (Å²) in [6.07, 6.45) is -0.677. The molecule has 2 nitrogen and oxygen atoms in total. The number of aliphatic hydroxyl groups is 1. The summed E-state index contributed by atoms with van der Waals surface area (Å²) in [5.41, 5.74) is 0. The third-order valence-electron chi connectivity index (χ3n) is 2.11. The van der Waals surface area contributed by atoms with Crippen LogP contribution in [0.1, 0.15) is 13.3 Å². The molecule has 3 atom stereocenters. The Kier molecular flexibility index (Phi) is 2.26. The molecule has 0 aromatic heterocycles. The molecule has 0 aromatic carbocycles. The molecule has 0 aromatic rings. The number of hydrogen-bond acceptors (Lipinski definition) is 2. The number of nitrogens with zero attached hydrogens (tertiary/aromatic N) is 1. The van der Waals surface area contributed by atoms with Crippen molar-refractivity contribution in [2.24, 2.45) is 0 Å². The SMILES string of the molecule is C[C@H](O)[C@@H]1CC(F)CN1C. The molecule has 0 radical (unpaired) electrons. The number of likely N-dealkylation sites (N-methyl/N-ethyl adjacent to an activating group) is 1. The van der Waals surface area contributed by atoms with Crippen molar-refractivity contribution in [2.45, 2.75) is 31.7 Å². The highest BCUT2D eigenvalue weighted by molar-refractivity contribution is 4.86. The highest BCUT2D eigenvalue weighted by Crippen LogP contribution is 2.20. The van der Waals surface area contributed by atoms with Gasteiger partial charge in [0.25, 0.3) is 0 Å². The fraction of sp³-hybridized carbons (Fsp3) is 1.00. The van der Waals surface area contributed by atoms with Crippen LogP contribution in [-0.4, -0.2) is 41.9 Å². The van der Waals surface area contributed by atoms with E-state index in [1.54, 1.807) is 6.92 Å². The van der Waals surface area contributed by atoms with Crippen molar-refractivity contribution >= 4 is 0 Å². The molecule has 10 heavy (non-hydrogen) atoms. The number of alkyl halides is 1. The quantitative estimate of drug-likeness (QED) is 0.580. The van der Waals surface area contributed by atoms with Gasteiger partial charge in [0.1, 0.15) is 6.17 Å². The molecular weight excluding hydrogens is 133 g/mol. The Balaban J connectivity index is 2.46. The molecule has 60 valence electrons. The summed E-state index contributed by atoms with van der Waals surface area (Å²) in [6.45, 7) is 2.18. The maximum Gasteiger partial charge on any atom is 0.114 e. The Morgan fingerprint density at radius 1 is 1.70 bits per heavy atom. The second-order valence-electron chi connectivity index (χ2n) is 3.08. The first kappa shape index (κ1) is 7.95. The van der Waals surface area contributed by atoms with Crippen molar-refractivity contribution < 1.29 is 9.50 Å². The van der Waals surface area contributed by atoms with E-state index < -0.39 is 12.3 Å². The summed E-state index contributed by atoms with van der Waals surface area (Å²) in [5, 5.41) is 9.13. The molecule has 1 aliphatic heterocycles. The monoisotopic (exact) mass is 147 g/mol. The minimum absolute atomic E-state index is 0.0231. The molecule has 1 unspecified atom stereocenters. The van der Waals surface area contributed by atoms with Gasteiger partial charge in [-0.15, -0.1) is 0 Å². The second kappa shape index (κ2) is 2.84. The van der Waals surface area contributed by atoms with Crippen LogP contribution in [0, 0.1) is 0 Å². The van der Waals surface area contributed by atoms with Crippen molar-refractivity contribution in [1.82, 2.24) is 4.90 Å². The van der Waals surface area contributed by atoms with Crippen molar-refractivity contribution in [1.29, 1.82) is 0 Å². The van der Waals surface area contributed by atoms with Gasteiger partial charge >= 0.3 is 0 Å². The number of halogens is 1. The van der Waals surface area contributed by atoms with Gasteiger partial charge in [0.15, 0.2) is 0 Å². The van der Waals surface area contributed by atoms with Crippen molar-refractivity contribution in [3.8, 4) is 0 Å². The second-order valence-corrected chi connectivity index (χ2v) is 3.08. The van der Waals surface area contributed by atoms with Gasteiger partial charge in [0.05, 0.1) is 6.10 Å². The summed E-state index contributed by atoms with van der Waals surface area (Å²) in [5.74, 6) is 0. The topological polar surface area (TPSA) is 23.5 Å². The number of rotatable bonds is 1. The van der Waals surface area contributed by atoms with Gasteiger partial charge in [-0.2, -0.15) is 0 Å². The lowest BCUT2D eigenvalue weighted by atomic mass is 10.1. The number of likely N-dealkylation sites (tertiary alicyclic amines) is 1. The van der Waals surface area contributed by atoms with Crippen LogP contribution in [-0.2, 0) is 0 Å². The van der Waals surface area contributed by atoms with E-state index in [1.807, 2.05) is 11.9 Å². The minimum Gasteiger partial charge on any atom is -0.392 e. The molecule has 0 amide bonds. The van der Waals surface area contributed by atoms with E-state index in [0.29, 0.717) is 13.0 Å². The van der Waals surface area contributed by atoms with Gasteiger partial charge < -0.3 is 5.11 Å². The normalized spacial score (nSPS) is 38.4. The average molecular weight is 147 g/mol. The Bertz CT molecular complexity index is 118. The van der Waals surface area contributed by atoms with Crippen LogP contribution in [0.5, 0.6) is 0 Å². The largest absolute Gasteiger partial charge is 0.392 e. The highest BCUT2D eigenvalue weighted by Gasteiger charge is 2.31. The first-order valence-corrected chi connectivity index (χ1v) is 3.63. The Morgan fingerprint density at radius 3 is 2.50 bits per heavy atom. The van der Waals surface area contributed by atoms with E-state index in [2.05, 4.69) is 0 Å². The molecule has 1 heterocycles. The number of aliphatic hydroxyl groups excluding tert-OH is 1. The lowest BCUT2D eigenvalue weighted by molar-refractivity contribution is 0.101. The van der Waals surface area contributed by atoms with Crippen LogP contribution in [0.4, 0.5) is 4.39 Å². The first-order chi connectivity index (χ1) is 4.61. The van der Waals surface area contributed by atoms with Crippen LogP contribution >= 0.6 is 0 Å². The summed E-state index contributed by atoms with van der Waals surface area (Å²) >= 11 is 0. The van der Waals surface area contributed by atoms with Crippen molar-refractivity contribution in [2.75, 3.05) is 13.6 Å². The Morgan fingerprint density at radius 2 is 2.30 bits per heavy atom. The van der Waals surface area contributed by atoms with E-state index in [-0.39, 0.29) is 6.04 Å². The molecule has 0 saturated carbocycles. The molecule has 1 N–H and O–H groups in total. The van der Waals surface area contributed by atoms with Crippen LogP contribution in [0.2, 0.25) is 0 Å². The zero-order valence-corrected chi connectivity index (χ0v) is 6.42. The zero-order valence-electron chi connectivity index (χ0n) is 6.42.